The van der Waals surface area contributed by atoms with Crippen LogP contribution in [0.4, 0.5) is 5.69 Å². The zero-order valence-corrected chi connectivity index (χ0v) is 12.9. The highest BCUT2D eigenvalue weighted by molar-refractivity contribution is 7.16. The van der Waals surface area contributed by atoms with Crippen molar-refractivity contribution >= 4 is 33.1 Å². The van der Waals surface area contributed by atoms with Gasteiger partial charge >= 0.3 is 5.69 Å². The summed E-state index contributed by atoms with van der Waals surface area (Å²) >= 11 is 1.45. The van der Waals surface area contributed by atoms with Crippen molar-refractivity contribution in [3.05, 3.63) is 51.6 Å². The molecule has 10 heteroatoms. The van der Waals surface area contributed by atoms with Crippen LogP contribution in [-0.2, 0) is 18.4 Å². The fourth-order valence-corrected chi connectivity index (χ4v) is 2.99. The third-order valence-electron chi connectivity index (χ3n) is 3.13. The monoisotopic (exact) mass is 332 g/mol. The third kappa shape index (κ3) is 3.11. The van der Waals surface area contributed by atoms with Crippen LogP contribution in [-0.4, -0.2) is 25.2 Å². The summed E-state index contributed by atoms with van der Waals surface area (Å²) < 4.78 is 4.12. The number of thiazole rings is 1. The van der Waals surface area contributed by atoms with Crippen LogP contribution < -0.4 is 10.2 Å². The zero-order chi connectivity index (χ0) is 16.4. The number of nitrogens with one attached hydrogen (secondary N) is 1. The van der Waals surface area contributed by atoms with Crippen LogP contribution >= 0.6 is 11.3 Å². The highest BCUT2D eigenvalue weighted by Crippen LogP contribution is 2.14. The van der Waals surface area contributed by atoms with Crippen molar-refractivity contribution < 1.29 is 9.72 Å². The van der Waals surface area contributed by atoms with Crippen LogP contribution in [0.2, 0.25) is 0 Å². The van der Waals surface area contributed by atoms with E-state index in [-0.39, 0.29) is 12.2 Å². The van der Waals surface area contributed by atoms with Crippen molar-refractivity contribution in [3.8, 4) is 0 Å². The molecule has 0 bridgehead atoms. The van der Waals surface area contributed by atoms with Crippen molar-refractivity contribution in [3.63, 3.8) is 0 Å². The second-order valence-electron chi connectivity index (χ2n) is 4.71. The average Bonchev–Trinajstić information content (AvgIpc) is 3.11. The Bertz CT molecular complexity index is 954. The van der Waals surface area contributed by atoms with E-state index in [1.165, 1.54) is 22.2 Å². The van der Waals surface area contributed by atoms with Gasteiger partial charge in [0.25, 0.3) is 5.91 Å². The number of carbonyl (C=O) groups excluding carboxylic acids is 1. The largest absolute Gasteiger partial charge is 0.318 e. The molecule has 0 unspecified atom stereocenters. The van der Waals surface area contributed by atoms with Crippen LogP contribution in [0.25, 0.3) is 10.2 Å². The van der Waals surface area contributed by atoms with Gasteiger partial charge in [-0.2, -0.15) is 5.10 Å². The van der Waals surface area contributed by atoms with Gasteiger partial charge in [-0.1, -0.05) is 23.5 Å². The molecule has 3 aromatic rings. The predicted molar refractivity (Wildman–Crippen MR) is 83.4 cm³/mol. The standard InChI is InChI=1S/C13H12N6O3S/c1-17-10-4-2-3-5-11(10)23-13(17)16-15-12(20)8-18-7-9(6-14-18)19(21)22/h2-7H,8H2,1H3,(H,15,20)/b16-13-. The molecule has 0 saturated heterocycles. The first-order valence-corrected chi connectivity index (χ1v) is 7.40. The molecular formula is C13H12N6O3S. The molecule has 1 N–H and O–H groups in total. The van der Waals surface area contributed by atoms with Gasteiger partial charge in [0.15, 0.2) is 0 Å². The molecule has 2 heterocycles. The number of hydrogen-bond acceptors (Lipinski definition) is 6. The smallest absolute Gasteiger partial charge is 0.307 e. The molecule has 9 nitrogen and oxygen atoms in total. The van der Waals surface area contributed by atoms with Crippen LogP contribution in [0.1, 0.15) is 0 Å². The highest BCUT2D eigenvalue weighted by Gasteiger charge is 2.11. The maximum atomic E-state index is 11.9. The number of carbonyl (C=O) groups is 1. The molecule has 0 saturated carbocycles. The summed E-state index contributed by atoms with van der Waals surface area (Å²) in [5.74, 6) is -0.416. The molecule has 0 aliphatic carbocycles. The van der Waals surface area contributed by atoms with E-state index in [1.54, 1.807) is 0 Å². The molecule has 0 aliphatic rings. The minimum absolute atomic E-state index is 0.147. The van der Waals surface area contributed by atoms with Gasteiger partial charge < -0.3 is 4.57 Å². The first-order valence-electron chi connectivity index (χ1n) is 6.58. The fourth-order valence-electron chi connectivity index (χ4n) is 2.01. The Hall–Kier alpha value is -3.01. The van der Waals surface area contributed by atoms with Crippen LogP contribution in [0, 0.1) is 10.1 Å². The van der Waals surface area contributed by atoms with E-state index >= 15 is 0 Å². The van der Waals surface area contributed by atoms with E-state index in [1.807, 2.05) is 35.9 Å². The van der Waals surface area contributed by atoms with Gasteiger partial charge in [0.1, 0.15) is 18.9 Å². The van der Waals surface area contributed by atoms with Gasteiger partial charge in [0.05, 0.1) is 15.1 Å². The van der Waals surface area contributed by atoms with Crippen molar-refractivity contribution in [1.29, 1.82) is 0 Å². The molecule has 23 heavy (non-hydrogen) atoms. The maximum Gasteiger partial charge on any atom is 0.307 e. The minimum Gasteiger partial charge on any atom is -0.318 e. The van der Waals surface area contributed by atoms with E-state index in [9.17, 15) is 14.9 Å². The molecule has 1 aromatic carbocycles. The van der Waals surface area contributed by atoms with Gasteiger partial charge in [-0.05, 0) is 12.1 Å². The quantitative estimate of drug-likeness (QED) is 0.567. The van der Waals surface area contributed by atoms with Gasteiger partial charge in [-0.25, -0.2) is 5.43 Å². The molecule has 0 spiro atoms. The Morgan fingerprint density at radius 2 is 2.26 bits per heavy atom. The van der Waals surface area contributed by atoms with E-state index in [0.717, 1.165) is 16.4 Å². The number of benzene rings is 1. The number of amides is 1. The molecule has 1 amide bonds. The van der Waals surface area contributed by atoms with Crippen LogP contribution in [0.3, 0.4) is 0 Å². The van der Waals surface area contributed by atoms with Crippen molar-refractivity contribution in [2.24, 2.45) is 12.1 Å². The number of nitro groups is 1. The van der Waals surface area contributed by atoms with E-state index < -0.39 is 10.8 Å². The lowest BCUT2D eigenvalue weighted by Gasteiger charge is -1.99. The molecule has 0 atom stereocenters. The first-order chi connectivity index (χ1) is 11.0. The summed E-state index contributed by atoms with van der Waals surface area (Å²) in [5.41, 5.74) is 3.29. The summed E-state index contributed by atoms with van der Waals surface area (Å²) in [4.78, 5) is 22.5. The first kappa shape index (κ1) is 14.9. The van der Waals surface area contributed by atoms with Gasteiger partial charge in [-0.15, -0.1) is 5.10 Å². The molecule has 0 radical (unpaired) electrons. The SMILES string of the molecule is Cn1/c(=N/NC(=O)Cn2cc([N+](=O)[O-])cn2)sc2ccccc21. The zero-order valence-electron chi connectivity index (χ0n) is 12.0. The summed E-state index contributed by atoms with van der Waals surface area (Å²) in [7, 11) is 1.86. The molecule has 2 aromatic heterocycles. The molecular weight excluding hydrogens is 320 g/mol. The van der Waals surface area contributed by atoms with Gasteiger partial charge in [0, 0.05) is 7.05 Å². The number of para-hydroxylation sites is 1. The van der Waals surface area contributed by atoms with Crippen LogP contribution in [0.5, 0.6) is 0 Å². The molecule has 118 valence electrons. The molecule has 0 aliphatic heterocycles. The van der Waals surface area contributed by atoms with Crippen molar-refractivity contribution in [2.75, 3.05) is 0 Å². The van der Waals surface area contributed by atoms with Gasteiger partial charge in [-0.3, -0.25) is 19.6 Å². The Labute approximate surface area is 133 Å². The lowest BCUT2D eigenvalue weighted by Crippen LogP contribution is -2.26. The fraction of sp³-hybridized carbons (Fsp3) is 0.154. The summed E-state index contributed by atoms with van der Waals surface area (Å²) in [6, 6.07) is 7.81. The number of hydrogen-bond donors (Lipinski definition) is 1. The Morgan fingerprint density at radius 3 is 2.96 bits per heavy atom. The van der Waals surface area contributed by atoms with Crippen LogP contribution in [0.15, 0.2) is 41.8 Å². The molecule has 0 fully saturated rings. The lowest BCUT2D eigenvalue weighted by atomic mass is 10.3. The van der Waals surface area contributed by atoms with E-state index in [4.69, 9.17) is 0 Å². The van der Waals surface area contributed by atoms with E-state index in [2.05, 4.69) is 15.6 Å². The Balaban J connectivity index is 1.74. The summed E-state index contributed by atoms with van der Waals surface area (Å²) in [5, 5.41) is 18.4. The van der Waals surface area contributed by atoms with Crippen molar-refractivity contribution in [1.82, 2.24) is 19.8 Å². The van der Waals surface area contributed by atoms with Gasteiger partial charge in [0.2, 0.25) is 4.80 Å². The van der Waals surface area contributed by atoms with Crippen molar-refractivity contribution in [2.45, 2.75) is 6.54 Å². The number of rotatable bonds is 4. The number of fused-ring (bicyclic) bond motifs is 1. The predicted octanol–water partition coefficient (Wildman–Crippen LogP) is 0.977. The third-order valence-corrected chi connectivity index (χ3v) is 4.24. The lowest BCUT2D eigenvalue weighted by molar-refractivity contribution is -0.385. The summed E-state index contributed by atoms with van der Waals surface area (Å²) in [6.45, 7) is -0.147. The summed E-state index contributed by atoms with van der Waals surface area (Å²) in [6.07, 6.45) is 2.29. The molecule has 3 rings (SSSR count). The second kappa shape index (κ2) is 6.01. The second-order valence-corrected chi connectivity index (χ2v) is 5.72. The normalized spacial score (nSPS) is 11.8. The highest BCUT2D eigenvalue weighted by atomic mass is 32.1. The van der Waals surface area contributed by atoms with E-state index in [0.29, 0.717) is 4.80 Å². The minimum atomic E-state index is -0.566. The Morgan fingerprint density at radius 1 is 1.48 bits per heavy atom. The maximum absolute atomic E-state index is 11.9. The average molecular weight is 332 g/mol. The number of aromatic nitrogens is 3. The number of aryl methyl sites for hydroxylation is 1. The number of nitrogens with zero attached hydrogens (tertiary/aromatic N) is 5. The Kier molecular flexibility index (Phi) is 3.89. The topological polar surface area (TPSA) is 107 Å².